The molecule has 0 saturated carbocycles. The number of nitrogens with two attached hydrogens (primary N) is 1. The second-order valence-corrected chi connectivity index (χ2v) is 4.52. The third-order valence-corrected chi connectivity index (χ3v) is 2.33. The minimum atomic E-state index is 0.612. The van der Waals surface area contributed by atoms with Crippen molar-refractivity contribution in [1.29, 1.82) is 0 Å². The van der Waals surface area contributed by atoms with E-state index >= 15 is 0 Å². The van der Waals surface area contributed by atoms with Gasteiger partial charge in [-0.05, 0) is 37.9 Å². The maximum Gasteiger partial charge on any atom is 0.151 e. The summed E-state index contributed by atoms with van der Waals surface area (Å²) in [5.74, 6) is 1.56. The third kappa shape index (κ3) is 4.14. The number of nitrogens with zero attached hydrogens (tertiary/aromatic N) is 3. The van der Waals surface area contributed by atoms with Crippen LogP contribution in [0.2, 0.25) is 0 Å². The Morgan fingerprint density at radius 1 is 1.31 bits per heavy atom. The van der Waals surface area contributed by atoms with Gasteiger partial charge in [0.2, 0.25) is 0 Å². The van der Waals surface area contributed by atoms with E-state index in [1.165, 1.54) is 0 Å². The van der Waals surface area contributed by atoms with Gasteiger partial charge in [-0.3, -0.25) is 0 Å². The summed E-state index contributed by atoms with van der Waals surface area (Å²) in [6.07, 6.45) is 0.988. The molecule has 1 aromatic heterocycles. The van der Waals surface area contributed by atoms with Crippen molar-refractivity contribution < 1.29 is 0 Å². The Kier molecular flexibility index (Phi) is 5.19. The van der Waals surface area contributed by atoms with Gasteiger partial charge in [-0.1, -0.05) is 13.8 Å². The van der Waals surface area contributed by atoms with Gasteiger partial charge in [0, 0.05) is 13.1 Å². The van der Waals surface area contributed by atoms with Gasteiger partial charge in [0.1, 0.15) is 0 Å². The molecule has 0 aromatic carbocycles. The smallest absolute Gasteiger partial charge is 0.151 e. The Bertz CT molecular complexity index is 294. The van der Waals surface area contributed by atoms with Gasteiger partial charge in [0.05, 0.1) is 5.69 Å². The number of hydrogen-bond donors (Lipinski definition) is 1. The SMILES string of the molecule is Cc1ccc(N(CCCN)CC(C)C)nn1. The zero-order valence-electron chi connectivity index (χ0n) is 10.5. The summed E-state index contributed by atoms with van der Waals surface area (Å²) in [5, 5.41) is 8.31. The van der Waals surface area contributed by atoms with Crippen LogP contribution in [0.4, 0.5) is 5.82 Å². The van der Waals surface area contributed by atoms with Crippen molar-refractivity contribution in [2.24, 2.45) is 11.7 Å². The summed E-state index contributed by atoms with van der Waals surface area (Å²) in [4.78, 5) is 2.25. The Hall–Kier alpha value is -1.16. The third-order valence-electron chi connectivity index (χ3n) is 2.33. The molecular formula is C12H22N4. The van der Waals surface area contributed by atoms with Crippen molar-refractivity contribution in [2.75, 3.05) is 24.5 Å². The summed E-state index contributed by atoms with van der Waals surface area (Å²) >= 11 is 0. The largest absolute Gasteiger partial charge is 0.355 e. The van der Waals surface area contributed by atoms with Gasteiger partial charge >= 0.3 is 0 Å². The van der Waals surface area contributed by atoms with Crippen LogP contribution < -0.4 is 10.6 Å². The zero-order valence-corrected chi connectivity index (χ0v) is 10.5. The highest BCUT2D eigenvalue weighted by atomic mass is 15.3. The Labute approximate surface area is 97.9 Å². The van der Waals surface area contributed by atoms with Crippen molar-refractivity contribution >= 4 is 5.82 Å². The minimum Gasteiger partial charge on any atom is -0.355 e. The molecule has 0 bridgehead atoms. The van der Waals surface area contributed by atoms with E-state index in [2.05, 4.69) is 28.9 Å². The number of aryl methyl sites for hydroxylation is 1. The number of aromatic nitrogens is 2. The van der Waals surface area contributed by atoms with Crippen LogP contribution in [0.15, 0.2) is 12.1 Å². The van der Waals surface area contributed by atoms with Gasteiger partial charge in [0.15, 0.2) is 5.82 Å². The molecule has 0 aliphatic carbocycles. The molecular weight excluding hydrogens is 200 g/mol. The highest BCUT2D eigenvalue weighted by molar-refractivity contribution is 5.37. The highest BCUT2D eigenvalue weighted by Crippen LogP contribution is 2.12. The van der Waals surface area contributed by atoms with Crippen LogP contribution in [-0.4, -0.2) is 29.8 Å². The van der Waals surface area contributed by atoms with Gasteiger partial charge in [-0.2, -0.15) is 5.10 Å². The Morgan fingerprint density at radius 2 is 2.06 bits per heavy atom. The molecule has 0 saturated heterocycles. The predicted molar refractivity (Wildman–Crippen MR) is 67.5 cm³/mol. The molecule has 4 heteroatoms. The molecule has 1 rings (SSSR count). The lowest BCUT2D eigenvalue weighted by Crippen LogP contribution is -2.30. The van der Waals surface area contributed by atoms with Crippen LogP contribution in [0.3, 0.4) is 0 Å². The minimum absolute atomic E-state index is 0.612. The maximum atomic E-state index is 5.55. The molecule has 0 radical (unpaired) electrons. The monoisotopic (exact) mass is 222 g/mol. The summed E-state index contributed by atoms with van der Waals surface area (Å²) < 4.78 is 0. The topological polar surface area (TPSA) is 55.0 Å². The van der Waals surface area contributed by atoms with E-state index in [9.17, 15) is 0 Å². The molecule has 2 N–H and O–H groups in total. The number of anilines is 1. The fraction of sp³-hybridized carbons (Fsp3) is 0.667. The first-order chi connectivity index (χ1) is 7.63. The first-order valence-corrected chi connectivity index (χ1v) is 5.89. The quantitative estimate of drug-likeness (QED) is 0.794. The first kappa shape index (κ1) is 12.9. The molecule has 0 unspecified atom stereocenters. The van der Waals surface area contributed by atoms with Crippen LogP contribution in [0, 0.1) is 12.8 Å². The second kappa shape index (κ2) is 6.43. The van der Waals surface area contributed by atoms with E-state index in [0.29, 0.717) is 12.5 Å². The molecule has 16 heavy (non-hydrogen) atoms. The second-order valence-electron chi connectivity index (χ2n) is 4.52. The fourth-order valence-corrected chi connectivity index (χ4v) is 1.58. The summed E-state index contributed by atoms with van der Waals surface area (Å²) in [7, 11) is 0. The van der Waals surface area contributed by atoms with E-state index in [1.54, 1.807) is 0 Å². The predicted octanol–water partition coefficient (Wildman–Crippen LogP) is 1.60. The lowest BCUT2D eigenvalue weighted by molar-refractivity contribution is 0.593. The standard InChI is InChI=1S/C12H22N4/c1-10(2)9-16(8-4-7-13)12-6-5-11(3)14-15-12/h5-6,10H,4,7-9,13H2,1-3H3. The van der Waals surface area contributed by atoms with Crippen molar-refractivity contribution in [3.8, 4) is 0 Å². The molecule has 1 aromatic rings. The van der Waals surface area contributed by atoms with E-state index in [1.807, 2.05) is 19.1 Å². The molecule has 0 atom stereocenters. The van der Waals surface area contributed by atoms with Crippen LogP contribution in [0.25, 0.3) is 0 Å². The zero-order chi connectivity index (χ0) is 12.0. The van der Waals surface area contributed by atoms with E-state index in [0.717, 1.165) is 31.0 Å². The molecule has 90 valence electrons. The lowest BCUT2D eigenvalue weighted by atomic mass is 10.2. The summed E-state index contributed by atoms with van der Waals surface area (Å²) in [6, 6.07) is 4.03. The summed E-state index contributed by atoms with van der Waals surface area (Å²) in [5.41, 5.74) is 6.50. The number of hydrogen-bond acceptors (Lipinski definition) is 4. The van der Waals surface area contributed by atoms with Crippen LogP contribution in [0.5, 0.6) is 0 Å². The first-order valence-electron chi connectivity index (χ1n) is 5.89. The van der Waals surface area contributed by atoms with E-state index < -0.39 is 0 Å². The molecule has 0 amide bonds. The Morgan fingerprint density at radius 3 is 2.56 bits per heavy atom. The molecule has 1 heterocycles. The fourth-order valence-electron chi connectivity index (χ4n) is 1.58. The van der Waals surface area contributed by atoms with Crippen LogP contribution >= 0.6 is 0 Å². The molecule has 0 aliphatic rings. The average molecular weight is 222 g/mol. The molecule has 0 fully saturated rings. The highest BCUT2D eigenvalue weighted by Gasteiger charge is 2.09. The van der Waals surface area contributed by atoms with Gasteiger partial charge < -0.3 is 10.6 Å². The molecule has 0 aliphatic heterocycles. The molecule has 0 spiro atoms. The van der Waals surface area contributed by atoms with Crippen molar-refractivity contribution in [3.05, 3.63) is 17.8 Å². The van der Waals surface area contributed by atoms with Gasteiger partial charge in [0.25, 0.3) is 0 Å². The van der Waals surface area contributed by atoms with Gasteiger partial charge in [-0.15, -0.1) is 5.10 Å². The van der Waals surface area contributed by atoms with Crippen LogP contribution in [-0.2, 0) is 0 Å². The summed E-state index contributed by atoms with van der Waals surface area (Å²) in [6.45, 7) is 9.02. The van der Waals surface area contributed by atoms with Gasteiger partial charge in [-0.25, -0.2) is 0 Å². The maximum absolute atomic E-state index is 5.55. The van der Waals surface area contributed by atoms with E-state index in [-0.39, 0.29) is 0 Å². The number of rotatable bonds is 6. The van der Waals surface area contributed by atoms with Crippen molar-refractivity contribution in [3.63, 3.8) is 0 Å². The average Bonchev–Trinajstić information content (AvgIpc) is 2.25. The van der Waals surface area contributed by atoms with Crippen molar-refractivity contribution in [1.82, 2.24) is 10.2 Å². The molecule has 4 nitrogen and oxygen atoms in total. The van der Waals surface area contributed by atoms with E-state index in [4.69, 9.17) is 5.73 Å². The normalized spacial score (nSPS) is 10.8. The lowest BCUT2D eigenvalue weighted by Gasteiger charge is -2.24. The van der Waals surface area contributed by atoms with Crippen molar-refractivity contribution in [2.45, 2.75) is 27.2 Å². The van der Waals surface area contributed by atoms with Crippen LogP contribution in [0.1, 0.15) is 26.0 Å². The Balaban J connectivity index is 2.70.